The van der Waals surface area contributed by atoms with Crippen molar-refractivity contribution in [3.05, 3.63) is 29.8 Å². The molecule has 0 aromatic heterocycles. The summed E-state index contributed by atoms with van der Waals surface area (Å²) < 4.78 is 43.4. The zero-order valence-electron chi connectivity index (χ0n) is 11.0. The van der Waals surface area contributed by atoms with E-state index in [1.807, 2.05) is 0 Å². The van der Waals surface area contributed by atoms with Crippen molar-refractivity contribution in [3.8, 4) is 0 Å². The molecule has 0 fully saturated rings. The lowest BCUT2D eigenvalue weighted by atomic mass is 10.1. The van der Waals surface area contributed by atoms with E-state index in [2.05, 4.69) is 4.74 Å². The number of esters is 1. The molecule has 0 bridgehead atoms. The van der Waals surface area contributed by atoms with E-state index in [0.29, 0.717) is 0 Å². The highest BCUT2D eigenvalue weighted by atomic mass is 19.4. The van der Waals surface area contributed by atoms with Crippen molar-refractivity contribution in [2.45, 2.75) is 26.1 Å². The highest BCUT2D eigenvalue weighted by Gasteiger charge is 2.35. The van der Waals surface area contributed by atoms with Crippen LogP contribution in [0.4, 0.5) is 18.9 Å². The maximum Gasteiger partial charge on any atom is 0.418 e. The highest BCUT2D eigenvalue weighted by molar-refractivity contribution is 5.76. The number of hydrogen-bond acceptors (Lipinski definition) is 3. The van der Waals surface area contributed by atoms with Gasteiger partial charge in [0, 0.05) is 11.7 Å². The fourth-order valence-corrected chi connectivity index (χ4v) is 1.71. The van der Waals surface area contributed by atoms with Gasteiger partial charge in [0.05, 0.1) is 12.7 Å². The number of hydrogen-bond donors (Lipinski definition) is 0. The Hall–Kier alpha value is -1.72. The monoisotopic (exact) mass is 275 g/mol. The Morgan fingerprint density at radius 3 is 2.37 bits per heavy atom. The molecule has 1 rings (SSSR count). The Bertz CT molecular complexity index is 444. The zero-order chi connectivity index (χ0) is 14.6. The van der Waals surface area contributed by atoms with Crippen LogP contribution in [0.5, 0.6) is 0 Å². The van der Waals surface area contributed by atoms with Crippen LogP contribution in [0.1, 0.15) is 19.4 Å². The summed E-state index contributed by atoms with van der Waals surface area (Å²) in [5.41, 5.74) is -0.775. The summed E-state index contributed by atoms with van der Waals surface area (Å²) in [7, 11) is 1.20. The molecule has 1 aromatic rings. The van der Waals surface area contributed by atoms with Gasteiger partial charge in [0.1, 0.15) is 6.54 Å². The topological polar surface area (TPSA) is 29.5 Å². The van der Waals surface area contributed by atoms with Crippen LogP contribution >= 0.6 is 0 Å². The van der Waals surface area contributed by atoms with Crippen LogP contribution in [0.2, 0.25) is 0 Å². The van der Waals surface area contributed by atoms with Crippen molar-refractivity contribution in [3.63, 3.8) is 0 Å². The minimum absolute atomic E-state index is 0.0181. The molecule has 0 N–H and O–H groups in total. The first-order valence-electron chi connectivity index (χ1n) is 5.77. The Morgan fingerprint density at radius 1 is 1.32 bits per heavy atom. The van der Waals surface area contributed by atoms with Gasteiger partial charge in [-0.25, -0.2) is 0 Å². The first-order chi connectivity index (χ1) is 8.77. The van der Waals surface area contributed by atoms with Crippen LogP contribution in [0.15, 0.2) is 24.3 Å². The molecule has 6 heteroatoms. The average molecular weight is 275 g/mol. The molecule has 0 saturated carbocycles. The number of ether oxygens (including phenoxy) is 1. The first kappa shape index (κ1) is 15.3. The van der Waals surface area contributed by atoms with E-state index >= 15 is 0 Å². The van der Waals surface area contributed by atoms with Crippen molar-refractivity contribution < 1.29 is 22.7 Å². The number of benzene rings is 1. The molecule has 0 unspecified atom stereocenters. The van der Waals surface area contributed by atoms with Crippen LogP contribution < -0.4 is 4.90 Å². The van der Waals surface area contributed by atoms with Crippen LogP contribution in [0, 0.1) is 0 Å². The molecule has 0 amide bonds. The second-order valence-corrected chi connectivity index (χ2v) is 4.31. The average Bonchev–Trinajstić information content (AvgIpc) is 2.34. The normalized spacial score (nSPS) is 11.5. The largest absolute Gasteiger partial charge is 0.468 e. The molecule has 0 heterocycles. The van der Waals surface area contributed by atoms with Crippen LogP contribution in [0.25, 0.3) is 0 Å². The van der Waals surface area contributed by atoms with Crippen LogP contribution in [-0.2, 0) is 15.7 Å². The SMILES string of the molecule is COC(=O)CN(c1ccccc1C(F)(F)F)C(C)C. The number of nitrogens with zero attached hydrogens (tertiary/aromatic N) is 1. The lowest BCUT2D eigenvalue weighted by Crippen LogP contribution is -2.37. The number of methoxy groups -OCH3 is 1. The van der Waals surface area contributed by atoms with Gasteiger partial charge in [-0.15, -0.1) is 0 Å². The number of carbonyl (C=O) groups excluding carboxylic acids is 1. The third kappa shape index (κ3) is 3.87. The van der Waals surface area contributed by atoms with Gasteiger partial charge in [-0.05, 0) is 26.0 Å². The van der Waals surface area contributed by atoms with Gasteiger partial charge < -0.3 is 9.64 Å². The zero-order valence-corrected chi connectivity index (χ0v) is 11.0. The number of para-hydroxylation sites is 1. The Labute approximate surface area is 110 Å². The molecule has 1 aromatic carbocycles. The van der Waals surface area contributed by atoms with Crippen molar-refractivity contribution in [1.29, 1.82) is 0 Å². The maximum absolute atomic E-state index is 12.9. The van der Waals surface area contributed by atoms with E-state index in [1.165, 1.54) is 30.2 Å². The predicted molar refractivity (Wildman–Crippen MR) is 65.9 cm³/mol. The fourth-order valence-electron chi connectivity index (χ4n) is 1.71. The molecule has 0 aliphatic carbocycles. The number of carbonyl (C=O) groups is 1. The second kappa shape index (κ2) is 5.95. The molecular weight excluding hydrogens is 259 g/mol. The van der Waals surface area contributed by atoms with Gasteiger partial charge in [-0.3, -0.25) is 4.79 Å². The van der Waals surface area contributed by atoms with Crippen LogP contribution in [0.3, 0.4) is 0 Å². The number of rotatable bonds is 4. The molecule has 3 nitrogen and oxygen atoms in total. The lowest BCUT2D eigenvalue weighted by Gasteiger charge is -2.30. The van der Waals surface area contributed by atoms with E-state index < -0.39 is 17.7 Å². The molecule has 19 heavy (non-hydrogen) atoms. The molecule has 0 atom stereocenters. The van der Waals surface area contributed by atoms with Crippen LogP contribution in [-0.4, -0.2) is 25.7 Å². The van der Waals surface area contributed by atoms with Gasteiger partial charge in [0.2, 0.25) is 0 Å². The molecule has 0 radical (unpaired) electrons. The number of anilines is 1. The summed E-state index contributed by atoms with van der Waals surface area (Å²) in [5, 5.41) is 0. The third-order valence-electron chi connectivity index (χ3n) is 2.67. The van der Waals surface area contributed by atoms with Gasteiger partial charge in [0.15, 0.2) is 0 Å². The van der Waals surface area contributed by atoms with E-state index in [1.54, 1.807) is 13.8 Å². The van der Waals surface area contributed by atoms with Crippen molar-refractivity contribution in [2.75, 3.05) is 18.6 Å². The summed E-state index contributed by atoms with van der Waals surface area (Å²) in [5.74, 6) is -0.578. The standard InChI is InChI=1S/C13H16F3NO2/c1-9(2)17(8-12(18)19-3)11-7-5-4-6-10(11)13(14,15)16/h4-7,9H,8H2,1-3H3. The third-order valence-corrected chi connectivity index (χ3v) is 2.67. The Kier molecular flexibility index (Phi) is 4.80. The smallest absolute Gasteiger partial charge is 0.418 e. The number of alkyl halides is 3. The van der Waals surface area contributed by atoms with E-state index in [-0.39, 0.29) is 18.3 Å². The number of halogens is 3. The summed E-state index contributed by atoms with van der Waals surface area (Å²) in [4.78, 5) is 12.7. The Balaban J connectivity index is 3.20. The minimum atomic E-state index is -4.46. The van der Waals surface area contributed by atoms with Crippen molar-refractivity contribution in [2.24, 2.45) is 0 Å². The van der Waals surface area contributed by atoms with Gasteiger partial charge in [0.25, 0.3) is 0 Å². The van der Waals surface area contributed by atoms with Gasteiger partial charge in [-0.2, -0.15) is 13.2 Å². The predicted octanol–water partition coefficient (Wildman–Crippen LogP) is 3.09. The molecule has 0 aliphatic heterocycles. The maximum atomic E-state index is 12.9. The van der Waals surface area contributed by atoms with Gasteiger partial charge in [-0.1, -0.05) is 12.1 Å². The summed E-state index contributed by atoms with van der Waals surface area (Å²) >= 11 is 0. The summed E-state index contributed by atoms with van der Waals surface area (Å²) in [6, 6.07) is 4.93. The fraction of sp³-hybridized carbons (Fsp3) is 0.462. The molecule has 0 aliphatic rings. The summed E-state index contributed by atoms with van der Waals surface area (Å²) in [6.45, 7) is 3.22. The van der Waals surface area contributed by atoms with Crippen molar-refractivity contribution in [1.82, 2.24) is 0 Å². The second-order valence-electron chi connectivity index (χ2n) is 4.31. The van der Waals surface area contributed by atoms with E-state index in [4.69, 9.17) is 0 Å². The molecular formula is C13H16F3NO2. The van der Waals surface area contributed by atoms with E-state index in [9.17, 15) is 18.0 Å². The quantitative estimate of drug-likeness (QED) is 0.791. The van der Waals surface area contributed by atoms with E-state index in [0.717, 1.165) is 6.07 Å². The minimum Gasteiger partial charge on any atom is -0.468 e. The summed E-state index contributed by atoms with van der Waals surface area (Å²) in [6.07, 6.45) is -4.46. The van der Waals surface area contributed by atoms with Crippen molar-refractivity contribution >= 4 is 11.7 Å². The highest BCUT2D eigenvalue weighted by Crippen LogP contribution is 2.36. The Morgan fingerprint density at radius 2 is 1.89 bits per heavy atom. The van der Waals surface area contributed by atoms with Gasteiger partial charge >= 0.3 is 12.1 Å². The first-order valence-corrected chi connectivity index (χ1v) is 5.77. The lowest BCUT2D eigenvalue weighted by molar-refractivity contribution is -0.140. The molecule has 106 valence electrons. The molecule has 0 saturated heterocycles. The molecule has 0 spiro atoms.